The summed E-state index contributed by atoms with van der Waals surface area (Å²) in [6.45, 7) is 3.95. The fourth-order valence-electron chi connectivity index (χ4n) is 0.557. The van der Waals surface area contributed by atoms with E-state index in [2.05, 4.69) is 5.32 Å². The second-order valence-corrected chi connectivity index (χ2v) is 2.55. The van der Waals surface area contributed by atoms with Crippen molar-refractivity contribution in [3.05, 3.63) is 0 Å². The monoisotopic (exact) mass is 132 g/mol. The number of hydrogen-bond donors (Lipinski definition) is 3. The van der Waals surface area contributed by atoms with Gasteiger partial charge in [-0.2, -0.15) is 0 Å². The Bertz CT molecular complexity index is 75.5. The molecule has 0 fully saturated rings. The fourth-order valence-corrected chi connectivity index (χ4v) is 0.557. The molecule has 0 aliphatic rings. The van der Waals surface area contributed by atoms with Crippen LogP contribution in [0.3, 0.4) is 0 Å². The van der Waals surface area contributed by atoms with E-state index in [1.165, 1.54) is 0 Å². The number of nitrogens with one attached hydrogen (secondary N) is 1. The molecule has 0 heterocycles. The normalized spacial score (nSPS) is 18.0. The number of nitrogens with two attached hydrogens (primary N) is 1. The zero-order valence-corrected chi connectivity index (χ0v) is 6.26. The van der Waals surface area contributed by atoms with Gasteiger partial charge in [0.25, 0.3) is 0 Å². The van der Waals surface area contributed by atoms with Crippen LogP contribution in [0, 0.1) is 5.92 Å². The Morgan fingerprint density at radius 2 is 1.89 bits per heavy atom. The van der Waals surface area contributed by atoms with E-state index < -0.39 is 6.23 Å². The van der Waals surface area contributed by atoms with Gasteiger partial charge in [0, 0.05) is 6.04 Å². The van der Waals surface area contributed by atoms with Crippen LogP contribution >= 0.6 is 0 Å². The van der Waals surface area contributed by atoms with Crippen LogP contribution < -0.4 is 11.1 Å². The molecule has 0 aromatic heterocycles. The number of hydrogen-bond acceptors (Lipinski definition) is 3. The highest BCUT2D eigenvalue weighted by atomic mass is 16.3. The molecule has 0 unspecified atom stereocenters. The molecule has 56 valence electrons. The summed E-state index contributed by atoms with van der Waals surface area (Å²) in [4.78, 5) is 0. The number of likely N-dealkylation sites (N-methyl/N-ethyl adjacent to an activating group) is 1. The summed E-state index contributed by atoms with van der Waals surface area (Å²) in [5, 5.41) is 11.7. The first-order chi connectivity index (χ1) is 4.09. The van der Waals surface area contributed by atoms with Gasteiger partial charge in [0.15, 0.2) is 0 Å². The minimum absolute atomic E-state index is 0.171. The van der Waals surface area contributed by atoms with Crippen molar-refractivity contribution < 1.29 is 5.11 Å². The molecule has 0 spiro atoms. The molecule has 0 amide bonds. The van der Waals surface area contributed by atoms with Gasteiger partial charge < -0.3 is 10.8 Å². The summed E-state index contributed by atoms with van der Waals surface area (Å²) in [5.74, 6) is 0.312. The van der Waals surface area contributed by atoms with E-state index in [1.807, 2.05) is 13.8 Å². The topological polar surface area (TPSA) is 58.3 Å². The summed E-state index contributed by atoms with van der Waals surface area (Å²) >= 11 is 0. The zero-order valence-electron chi connectivity index (χ0n) is 6.26. The van der Waals surface area contributed by atoms with Crippen molar-refractivity contribution in [1.29, 1.82) is 0 Å². The summed E-state index contributed by atoms with van der Waals surface area (Å²) in [6, 6.07) is -0.171. The zero-order chi connectivity index (χ0) is 7.44. The Kier molecular flexibility index (Phi) is 3.77. The van der Waals surface area contributed by atoms with Gasteiger partial charge >= 0.3 is 0 Å². The Morgan fingerprint density at radius 3 is 2.00 bits per heavy atom. The first-order valence-electron chi connectivity index (χ1n) is 3.20. The molecule has 0 rings (SSSR count). The molecule has 0 bridgehead atoms. The molecule has 3 heteroatoms. The van der Waals surface area contributed by atoms with E-state index in [9.17, 15) is 0 Å². The quantitative estimate of drug-likeness (QED) is 0.454. The lowest BCUT2D eigenvalue weighted by Gasteiger charge is -2.20. The molecule has 0 aliphatic heterocycles. The molecule has 0 radical (unpaired) electrons. The average molecular weight is 132 g/mol. The van der Waals surface area contributed by atoms with Crippen LogP contribution in [0.15, 0.2) is 0 Å². The van der Waals surface area contributed by atoms with Crippen molar-refractivity contribution in [1.82, 2.24) is 5.32 Å². The maximum Gasteiger partial charge on any atom is 0.120 e. The number of rotatable bonds is 3. The average Bonchev–Trinajstić information content (AvgIpc) is 1.84. The molecular formula is C6H16N2O. The Morgan fingerprint density at radius 1 is 1.44 bits per heavy atom. The molecule has 0 saturated heterocycles. The van der Waals surface area contributed by atoms with E-state index in [0.717, 1.165) is 0 Å². The predicted molar refractivity (Wildman–Crippen MR) is 37.9 cm³/mol. The first kappa shape index (κ1) is 8.88. The molecule has 0 aromatic carbocycles. The number of aliphatic hydroxyl groups is 1. The molecule has 3 nitrogen and oxygen atoms in total. The third-order valence-electron chi connectivity index (χ3n) is 1.43. The van der Waals surface area contributed by atoms with Crippen LogP contribution in [0.4, 0.5) is 0 Å². The highest BCUT2D eigenvalue weighted by Crippen LogP contribution is 1.99. The minimum atomic E-state index is -0.579. The van der Waals surface area contributed by atoms with Gasteiger partial charge in [-0.05, 0) is 13.0 Å². The molecular weight excluding hydrogens is 116 g/mol. The van der Waals surface area contributed by atoms with Crippen molar-refractivity contribution in [2.24, 2.45) is 11.7 Å². The first-order valence-corrected chi connectivity index (χ1v) is 3.20. The van der Waals surface area contributed by atoms with Gasteiger partial charge in [0.05, 0.1) is 0 Å². The van der Waals surface area contributed by atoms with Crippen LogP contribution in [0.25, 0.3) is 0 Å². The summed E-state index contributed by atoms with van der Waals surface area (Å²) < 4.78 is 0. The van der Waals surface area contributed by atoms with Crippen LogP contribution in [-0.4, -0.2) is 24.4 Å². The SMILES string of the molecule is CN[C@@H](O)[C@@H](N)C(C)C. The second-order valence-electron chi connectivity index (χ2n) is 2.55. The predicted octanol–water partition coefficient (Wildman–Crippen LogP) is -0.493. The maximum atomic E-state index is 9.06. The van der Waals surface area contributed by atoms with Gasteiger partial charge in [0.2, 0.25) is 0 Å². The van der Waals surface area contributed by atoms with E-state index in [4.69, 9.17) is 10.8 Å². The third-order valence-corrected chi connectivity index (χ3v) is 1.43. The minimum Gasteiger partial charge on any atom is -0.377 e. The van der Waals surface area contributed by atoms with Gasteiger partial charge in [-0.15, -0.1) is 0 Å². The molecule has 4 N–H and O–H groups in total. The Hall–Kier alpha value is -0.120. The second kappa shape index (κ2) is 3.82. The van der Waals surface area contributed by atoms with Gasteiger partial charge in [-0.25, -0.2) is 0 Å². The van der Waals surface area contributed by atoms with Crippen molar-refractivity contribution in [2.45, 2.75) is 26.1 Å². The smallest absolute Gasteiger partial charge is 0.120 e. The molecule has 0 saturated carbocycles. The van der Waals surface area contributed by atoms with Gasteiger partial charge in [-0.1, -0.05) is 13.8 Å². The summed E-state index contributed by atoms with van der Waals surface area (Å²) in [7, 11) is 1.69. The molecule has 9 heavy (non-hydrogen) atoms. The van der Waals surface area contributed by atoms with Gasteiger partial charge in [-0.3, -0.25) is 5.32 Å². The standard InChI is InChI=1S/C6H16N2O/c1-4(2)5(7)6(9)8-3/h4-6,8-9H,7H2,1-3H3/t5-,6-/m0/s1. The van der Waals surface area contributed by atoms with Crippen molar-refractivity contribution >= 4 is 0 Å². The van der Waals surface area contributed by atoms with Crippen LogP contribution in [0.2, 0.25) is 0 Å². The van der Waals surface area contributed by atoms with Crippen LogP contribution in [0.1, 0.15) is 13.8 Å². The van der Waals surface area contributed by atoms with Crippen molar-refractivity contribution in [3.8, 4) is 0 Å². The summed E-state index contributed by atoms with van der Waals surface area (Å²) in [5.41, 5.74) is 5.56. The highest BCUT2D eigenvalue weighted by Gasteiger charge is 2.14. The molecule has 0 aromatic rings. The molecule has 2 atom stereocenters. The number of aliphatic hydroxyl groups excluding tert-OH is 1. The van der Waals surface area contributed by atoms with E-state index in [-0.39, 0.29) is 6.04 Å². The van der Waals surface area contributed by atoms with Gasteiger partial charge in [0.1, 0.15) is 6.23 Å². The lowest BCUT2D eigenvalue weighted by molar-refractivity contribution is 0.0995. The Balaban J connectivity index is 3.58. The Labute approximate surface area is 56.2 Å². The van der Waals surface area contributed by atoms with E-state index in [0.29, 0.717) is 5.92 Å². The lowest BCUT2D eigenvalue weighted by Crippen LogP contribution is -2.46. The maximum absolute atomic E-state index is 9.06. The van der Waals surface area contributed by atoms with E-state index >= 15 is 0 Å². The largest absolute Gasteiger partial charge is 0.377 e. The highest BCUT2D eigenvalue weighted by molar-refractivity contribution is 4.70. The van der Waals surface area contributed by atoms with Crippen molar-refractivity contribution in [3.63, 3.8) is 0 Å². The molecule has 0 aliphatic carbocycles. The van der Waals surface area contributed by atoms with Crippen molar-refractivity contribution in [2.75, 3.05) is 7.05 Å². The van der Waals surface area contributed by atoms with Crippen LogP contribution in [-0.2, 0) is 0 Å². The summed E-state index contributed by atoms with van der Waals surface area (Å²) in [6.07, 6.45) is -0.579. The lowest BCUT2D eigenvalue weighted by atomic mass is 10.0. The van der Waals surface area contributed by atoms with E-state index in [1.54, 1.807) is 7.05 Å². The fraction of sp³-hybridized carbons (Fsp3) is 1.00. The van der Waals surface area contributed by atoms with Crippen LogP contribution in [0.5, 0.6) is 0 Å². The third kappa shape index (κ3) is 2.79.